The maximum absolute atomic E-state index is 11.9. The Morgan fingerprint density at radius 2 is 2.17 bits per heavy atom. The molecule has 1 aliphatic rings. The van der Waals surface area contributed by atoms with Crippen LogP contribution in [0.15, 0.2) is 24.5 Å². The third-order valence-corrected chi connectivity index (χ3v) is 3.33. The number of carbonyl (C=O) groups is 2. The number of esters is 1. The minimum Gasteiger partial charge on any atom is -0.467 e. The lowest BCUT2D eigenvalue weighted by Crippen LogP contribution is -2.40. The van der Waals surface area contributed by atoms with Crippen molar-refractivity contribution in [3.8, 4) is 0 Å². The Morgan fingerprint density at radius 3 is 2.78 bits per heavy atom. The predicted molar refractivity (Wildman–Crippen MR) is 64.5 cm³/mol. The van der Waals surface area contributed by atoms with Crippen LogP contribution >= 0.6 is 0 Å². The number of amides is 1. The van der Waals surface area contributed by atoms with Gasteiger partial charge in [0.05, 0.1) is 13.2 Å². The minimum atomic E-state index is -0.467. The van der Waals surface area contributed by atoms with Crippen LogP contribution in [-0.2, 0) is 14.3 Å². The molecule has 1 saturated heterocycles. The zero-order valence-corrected chi connectivity index (χ0v) is 10.5. The molecule has 1 aromatic rings. The second-order valence-corrected chi connectivity index (χ2v) is 4.34. The van der Waals surface area contributed by atoms with Gasteiger partial charge in [0.2, 0.25) is 5.91 Å². The molecule has 0 aliphatic carbocycles. The molecule has 0 N–H and O–H groups in total. The molecule has 5 nitrogen and oxygen atoms in total. The number of likely N-dealkylation sites (tertiary alicyclic amines) is 1. The van der Waals surface area contributed by atoms with Crippen molar-refractivity contribution in [3.05, 3.63) is 30.1 Å². The fourth-order valence-corrected chi connectivity index (χ4v) is 2.36. The van der Waals surface area contributed by atoms with Crippen LogP contribution in [0.4, 0.5) is 0 Å². The van der Waals surface area contributed by atoms with Crippen LogP contribution in [0, 0.1) is 0 Å². The first-order valence-electron chi connectivity index (χ1n) is 5.94. The van der Waals surface area contributed by atoms with Crippen molar-refractivity contribution in [3.63, 3.8) is 0 Å². The Balaban J connectivity index is 2.24. The number of carbonyl (C=O) groups excluding carboxylic acids is 2. The van der Waals surface area contributed by atoms with Gasteiger partial charge in [-0.2, -0.15) is 0 Å². The van der Waals surface area contributed by atoms with Crippen LogP contribution in [0.3, 0.4) is 0 Å². The fraction of sp³-hybridized carbons (Fsp3) is 0.462. The van der Waals surface area contributed by atoms with Crippen LogP contribution in [0.5, 0.6) is 0 Å². The van der Waals surface area contributed by atoms with Crippen molar-refractivity contribution < 1.29 is 14.3 Å². The first-order chi connectivity index (χ1) is 8.65. The van der Waals surface area contributed by atoms with Gasteiger partial charge >= 0.3 is 5.97 Å². The average molecular weight is 248 g/mol. The van der Waals surface area contributed by atoms with E-state index in [9.17, 15) is 9.59 Å². The summed E-state index contributed by atoms with van der Waals surface area (Å²) in [4.78, 5) is 29.2. The van der Waals surface area contributed by atoms with E-state index in [4.69, 9.17) is 4.74 Å². The third kappa shape index (κ3) is 2.20. The highest BCUT2D eigenvalue weighted by Crippen LogP contribution is 2.30. The van der Waals surface area contributed by atoms with E-state index in [2.05, 4.69) is 4.98 Å². The van der Waals surface area contributed by atoms with Crippen molar-refractivity contribution in [1.29, 1.82) is 0 Å². The molecule has 1 aromatic heterocycles. The van der Waals surface area contributed by atoms with Gasteiger partial charge in [-0.1, -0.05) is 0 Å². The van der Waals surface area contributed by atoms with Crippen LogP contribution < -0.4 is 0 Å². The van der Waals surface area contributed by atoms with Crippen LogP contribution in [0.25, 0.3) is 0 Å². The first-order valence-corrected chi connectivity index (χ1v) is 5.94. The molecule has 0 aromatic carbocycles. The average Bonchev–Trinajstić information content (AvgIpc) is 2.80. The van der Waals surface area contributed by atoms with Crippen molar-refractivity contribution in [1.82, 2.24) is 9.88 Å². The molecule has 0 saturated carbocycles. The molecular formula is C13H16N2O3. The lowest BCUT2D eigenvalue weighted by molar-refractivity contribution is -0.150. The van der Waals surface area contributed by atoms with Crippen molar-refractivity contribution in [2.75, 3.05) is 7.11 Å². The summed E-state index contributed by atoms with van der Waals surface area (Å²) in [7, 11) is 1.35. The van der Waals surface area contributed by atoms with Gasteiger partial charge in [0, 0.05) is 18.8 Å². The maximum Gasteiger partial charge on any atom is 0.328 e. The number of rotatable bonds is 3. The Hall–Kier alpha value is -1.91. The van der Waals surface area contributed by atoms with E-state index < -0.39 is 6.04 Å². The smallest absolute Gasteiger partial charge is 0.328 e. The normalized spacial score (nSPS) is 20.9. The highest BCUT2D eigenvalue weighted by atomic mass is 16.5. The number of hydrogen-bond donors (Lipinski definition) is 0. The van der Waals surface area contributed by atoms with Gasteiger partial charge in [0.15, 0.2) is 0 Å². The zero-order valence-electron chi connectivity index (χ0n) is 10.5. The highest BCUT2D eigenvalue weighted by Gasteiger charge is 2.39. The number of ether oxygens (including phenoxy) is 1. The topological polar surface area (TPSA) is 59.5 Å². The summed E-state index contributed by atoms with van der Waals surface area (Å²) in [5, 5.41) is 0. The maximum atomic E-state index is 11.9. The van der Waals surface area contributed by atoms with Gasteiger partial charge in [0.25, 0.3) is 0 Å². The molecule has 0 spiro atoms. The SMILES string of the molecule is COC(=O)C1CCC(=O)N1C(C)c1ccncc1. The molecular weight excluding hydrogens is 232 g/mol. The monoisotopic (exact) mass is 248 g/mol. The molecule has 2 atom stereocenters. The molecule has 0 radical (unpaired) electrons. The van der Waals surface area contributed by atoms with E-state index in [0.717, 1.165) is 5.56 Å². The number of aromatic nitrogens is 1. The summed E-state index contributed by atoms with van der Waals surface area (Å²) >= 11 is 0. The molecule has 96 valence electrons. The van der Waals surface area contributed by atoms with E-state index in [-0.39, 0.29) is 17.9 Å². The summed E-state index contributed by atoms with van der Waals surface area (Å²) in [6, 6.07) is 3.09. The standard InChI is InChI=1S/C13H16N2O3/c1-9(10-5-7-14-8-6-10)15-11(13(17)18-2)3-4-12(15)16/h5-9,11H,3-4H2,1-2H3. The van der Waals surface area contributed by atoms with Gasteiger partial charge in [-0.15, -0.1) is 0 Å². The van der Waals surface area contributed by atoms with Crippen molar-refractivity contribution >= 4 is 11.9 Å². The van der Waals surface area contributed by atoms with Crippen LogP contribution in [-0.4, -0.2) is 34.9 Å². The molecule has 2 heterocycles. The Labute approximate surface area is 106 Å². The Bertz CT molecular complexity index is 447. The fourth-order valence-electron chi connectivity index (χ4n) is 2.36. The molecule has 1 fully saturated rings. The lowest BCUT2D eigenvalue weighted by atomic mass is 10.1. The summed E-state index contributed by atoms with van der Waals surface area (Å²) in [5.74, 6) is -0.350. The van der Waals surface area contributed by atoms with Gasteiger partial charge in [-0.3, -0.25) is 9.78 Å². The third-order valence-electron chi connectivity index (χ3n) is 3.33. The molecule has 2 unspecified atom stereocenters. The van der Waals surface area contributed by atoms with Crippen molar-refractivity contribution in [2.45, 2.75) is 31.8 Å². The largest absolute Gasteiger partial charge is 0.467 e. The molecule has 1 aliphatic heterocycles. The number of methoxy groups -OCH3 is 1. The lowest BCUT2D eigenvalue weighted by Gasteiger charge is -2.29. The molecule has 18 heavy (non-hydrogen) atoms. The zero-order chi connectivity index (χ0) is 13.1. The molecule has 0 bridgehead atoms. The number of hydrogen-bond acceptors (Lipinski definition) is 4. The van der Waals surface area contributed by atoms with E-state index >= 15 is 0 Å². The summed E-state index contributed by atoms with van der Waals surface area (Å²) in [5.41, 5.74) is 0.967. The van der Waals surface area contributed by atoms with Crippen LogP contribution in [0.1, 0.15) is 31.4 Å². The molecule has 2 rings (SSSR count). The Morgan fingerprint density at radius 1 is 1.50 bits per heavy atom. The van der Waals surface area contributed by atoms with E-state index in [1.807, 2.05) is 19.1 Å². The summed E-state index contributed by atoms with van der Waals surface area (Å²) in [6.45, 7) is 1.91. The van der Waals surface area contributed by atoms with Crippen LogP contribution in [0.2, 0.25) is 0 Å². The molecule has 1 amide bonds. The predicted octanol–water partition coefficient (Wildman–Crippen LogP) is 1.31. The first kappa shape index (κ1) is 12.5. The second kappa shape index (κ2) is 5.16. The summed E-state index contributed by atoms with van der Waals surface area (Å²) < 4.78 is 4.75. The van der Waals surface area contributed by atoms with Gasteiger partial charge in [-0.25, -0.2) is 4.79 Å². The quantitative estimate of drug-likeness (QED) is 0.757. The summed E-state index contributed by atoms with van der Waals surface area (Å²) in [6.07, 6.45) is 4.29. The van der Waals surface area contributed by atoms with E-state index in [0.29, 0.717) is 12.8 Å². The second-order valence-electron chi connectivity index (χ2n) is 4.34. The van der Waals surface area contributed by atoms with Crippen molar-refractivity contribution in [2.24, 2.45) is 0 Å². The number of pyridine rings is 1. The van der Waals surface area contributed by atoms with Gasteiger partial charge in [0.1, 0.15) is 6.04 Å². The van der Waals surface area contributed by atoms with E-state index in [1.165, 1.54) is 7.11 Å². The number of nitrogens with zero attached hydrogens (tertiary/aromatic N) is 2. The Kier molecular flexibility index (Phi) is 3.60. The minimum absolute atomic E-state index is 0.00490. The van der Waals surface area contributed by atoms with Gasteiger partial charge < -0.3 is 9.64 Å². The van der Waals surface area contributed by atoms with E-state index in [1.54, 1.807) is 17.3 Å². The highest BCUT2D eigenvalue weighted by molar-refractivity contribution is 5.88. The van der Waals surface area contributed by atoms with Gasteiger partial charge in [-0.05, 0) is 31.0 Å². The molecule has 5 heteroatoms.